The molecule has 0 radical (unpaired) electrons. The van der Waals surface area contributed by atoms with E-state index in [4.69, 9.17) is 19.9 Å². The SMILES string of the molecule is COc1cc(Oc2ccnc3cc(OC)c(C(N)=O)cc23)cc(-n2ccc(C)n2)c1. The summed E-state index contributed by atoms with van der Waals surface area (Å²) in [7, 11) is 3.06. The predicted molar refractivity (Wildman–Crippen MR) is 112 cm³/mol. The zero-order valence-corrected chi connectivity index (χ0v) is 16.7. The van der Waals surface area contributed by atoms with Crippen LogP contribution < -0.4 is 19.9 Å². The van der Waals surface area contributed by atoms with E-state index in [0.717, 1.165) is 11.4 Å². The van der Waals surface area contributed by atoms with Gasteiger partial charge in [0.1, 0.15) is 23.0 Å². The first kappa shape index (κ1) is 19.3. The largest absolute Gasteiger partial charge is 0.497 e. The van der Waals surface area contributed by atoms with Crippen LogP contribution in [0.15, 0.2) is 54.9 Å². The van der Waals surface area contributed by atoms with Crippen LogP contribution >= 0.6 is 0 Å². The molecule has 0 aliphatic carbocycles. The third-order valence-corrected chi connectivity index (χ3v) is 4.60. The molecule has 0 saturated heterocycles. The summed E-state index contributed by atoms with van der Waals surface area (Å²) in [5, 5.41) is 5.07. The summed E-state index contributed by atoms with van der Waals surface area (Å²) >= 11 is 0. The van der Waals surface area contributed by atoms with Gasteiger partial charge in [-0.25, -0.2) is 4.68 Å². The van der Waals surface area contributed by atoms with E-state index in [2.05, 4.69) is 10.1 Å². The van der Waals surface area contributed by atoms with E-state index in [1.54, 1.807) is 42.3 Å². The maximum Gasteiger partial charge on any atom is 0.252 e. The monoisotopic (exact) mass is 404 g/mol. The van der Waals surface area contributed by atoms with Gasteiger partial charge in [0.05, 0.1) is 36.7 Å². The van der Waals surface area contributed by atoms with Crippen molar-refractivity contribution in [2.24, 2.45) is 5.73 Å². The van der Waals surface area contributed by atoms with Gasteiger partial charge < -0.3 is 19.9 Å². The Balaban J connectivity index is 1.80. The molecule has 30 heavy (non-hydrogen) atoms. The summed E-state index contributed by atoms with van der Waals surface area (Å²) in [6, 6.07) is 12.4. The van der Waals surface area contributed by atoms with Gasteiger partial charge in [-0.1, -0.05) is 0 Å². The Morgan fingerprint density at radius 1 is 1.00 bits per heavy atom. The summed E-state index contributed by atoms with van der Waals surface area (Å²) in [5.74, 6) is 1.44. The smallest absolute Gasteiger partial charge is 0.252 e. The van der Waals surface area contributed by atoms with Crippen LogP contribution in [0.25, 0.3) is 16.6 Å². The maximum absolute atomic E-state index is 11.8. The molecule has 8 heteroatoms. The topological polar surface area (TPSA) is 101 Å². The van der Waals surface area contributed by atoms with Crippen LogP contribution in [0, 0.1) is 6.92 Å². The van der Waals surface area contributed by atoms with E-state index in [1.165, 1.54) is 7.11 Å². The van der Waals surface area contributed by atoms with E-state index in [9.17, 15) is 4.79 Å². The highest BCUT2D eigenvalue weighted by Gasteiger charge is 2.15. The van der Waals surface area contributed by atoms with Crippen LogP contribution in [-0.4, -0.2) is 34.9 Å². The number of benzene rings is 2. The molecule has 8 nitrogen and oxygen atoms in total. The molecular weight excluding hydrogens is 384 g/mol. The van der Waals surface area contributed by atoms with Crippen molar-refractivity contribution >= 4 is 16.8 Å². The van der Waals surface area contributed by atoms with Crippen LogP contribution in [0.1, 0.15) is 16.1 Å². The zero-order chi connectivity index (χ0) is 21.3. The number of pyridine rings is 1. The Morgan fingerprint density at radius 2 is 1.80 bits per heavy atom. The first-order chi connectivity index (χ1) is 14.5. The maximum atomic E-state index is 11.8. The lowest BCUT2D eigenvalue weighted by Gasteiger charge is -2.13. The third kappa shape index (κ3) is 3.62. The van der Waals surface area contributed by atoms with Crippen molar-refractivity contribution in [2.75, 3.05) is 14.2 Å². The van der Waals surface area contributed by atoms with Crippen LogP contribution in [0.4, 0.5) is 0 Å². The van der Waals surface area contributed by atoms with Crippen LogP contribution in [0.5, 0.6) is 23.0 Å². The molecule has 2 aromatic heterocycles. The lowest BCUT2D eigenvalue weighted by Crippen LogP contribution is -2.12. The molecule has 152 valence electrons. The van der Waals surface area contributed by atoms with Crippen molar-refractivity contribution in [2.45, 2.75) is 6.92 Å². The second-order valence-electron chi connectivity index (χ2n) is 6.61. The third-order valence-electron chi connectivity index (χ3n) is 4.60. The second-order valence-corrected chi connectivity index (χ2v) is 6.61. The van der Waals surface area contributed by atoms with Gasteiger partial charge in [-0.15, -0.1) is 0 Å². The minimum atomic E-state index is -0.596. The van der Waals surface area contributed by atoms with E-state index in [1.807, 2.05) is 31.3 Å². The van der Waals surface area contributed by atoms with Gasteiger partial charge in [0.15, 0.2) is 0 Å². The molecule has 0 aliphatic rings. The lowest BCUT2D eigenvalue weighted by atomic mass is 10.1. The molecule has 2 heterocycles. The molecule has 1 amide bonds. The number of methoxy groups -OCH3 is 2. The molecule has 0 aliphatic heterocycles. The van der Waals surface area contributed by atoms with E-state index in [0.29, 0.717) is 33.9 Å². The Morgan fingerprint density at radius 3 is 2.47 bits per heavy atom. The molecule has 0 bridgehead atoms. The fourth-order valence-electron chi connectivity index (χ4n) is 3.15. The number of nitrogens with zero attached hydrogens (tertiary/aromatic N) is 3. The van der Waals surface area contributed by atoms with Gasteiger partial charge in [0.25, 0.3) is 5.91 Å². The highest BCUT2D eigenvalue weighted by atomic mass is 16.5. The van der Waals surface area contributed by atoms with Gasteiger partial charge in [-0.3, -0.25) is 9.78 Å². The number of carbonyl (C=O) groups is 1. The summed E-state index contributed by atoms with van der Waals surface area (Å²) in [6.45, 7) is 1.92. The van der Waals surface area contributed by atoms with Crippen molar-refractivity contribution in [3.8, 4) is 28.7 Å². The minimum absolute atomic E-state index is 0.251. The van der Waals surface area contributed by atoms with Crippen molar-refractivity contribution in [1.29, 1.82) is 0 Å². The Bertz CT molecular complexity index is 1250. The number of fused-ring (bicyclic) bond motifs is 1. The van der Waals surface area contributed by atoms with Gasteiger partial charge >= 0.3 is 0 Å². The number of primary amides is 1. The van der Waals surface area contributed by atoms with Crippen molar-refractivity contribution in [3.05, 3.63) is 66.1 Å². The van der Waals surface area contributed by atoms with Gasteiger partial charge in [-0.2, -0.15) is 5.10 Å². The van der Waals surface area contributed by atoms with Crippen molar-refractivity contribution in [3.63, 3.8) is 0 Å². The molecule has 0 atom stereocenters. The number of rotatable bonds is 6. The first-order valence-corrected chi connectivity index (χ1v) is 9.14. The standard InChI is InChI=1S/C22H20N4O4/c1-13-5-7-26(25-13)14-8-15(28-2)10-16(9-14)30-20-4-6-24-19-12-21(29-3)18(22(23)27)11-17(19)20/h4-12H,1-3H3,(H2,23,27). The van der Waals surface area contributed by atoms with Crippen LogP contribution in [0.3, 0.4) is 0 Å². The van der Waals surface area contributed by atoms with Crippen LogP contribution in [0.2, 0.25) is 0 Å². The highest BCUT2D eigenvalue weighted by Crippen LogP contribution is 2.35. The van der Waals surface area contributed by atoms with Gasteiger partial charge in [0, 0.05) is 42.0 Å². The molecule has 4 rings (SSSR count). The summed E-state index contributed by atoms with van der Waals surface area (Å²) in [4.78, 5) is 16.2. The summed E-state index contributed by atoms with van der Waals surface area (Å²) < 4.78 is 18.6. The summed E-state index contributed by atoms with van der Waals surface area (Å²) in [6.07, 6.45) is 3.49. The van der Waals surface area contributed by atoms with Crippen molar-refractivity contribution in [1.82, 2.24) is 14.8 Å². The average Bonchev–Trinajstić information content (AvgIpc) is 3.19. The molecular formula is C22H20N4O4. The number of amides is 1. The molecule has 0 fully saturated rings. The number of hydrogen-bond acceptors (Lipinski definition) is 6. The highest BCUT2D eigenvalue weighted by molar-refractivity contribution is 6.01. The minimum Gasteiger partial charge on any atom is -0.497 e. The van der Waals surface area contributed by atoms with E-state index in [-0.39, 0.29) is 5.56 Å². The Kier molecular flexibility index (Phi) is 4.97. The van der Waals surface area contributed by atoms with Crippen LogP contribution in [-0.2, 0) is 0 Å². The molecule has 4 aromatic rings. The normalized spacial score (nSPS) is 10.8. The van der Waals surface area contributed by atoms with Gasteiger partial charge in [0.2, 0.25) is 0 Å². The number of ether oxygens (including phenoxy) is 3. The molecule has 0 saturated carbocycles. The van der Waals surface area contributed by atoms with Crippen molar-refractivity contribution < 1.29 is 19.0 Å². The fourth-order valence-corrected chi connectivity index (χ4v) is 3.15. The quantitative estimate of drug-likeness (QED) is 0.526. The number of aryl methyl sites for hydroxylation is 1. The van der Waals surface area contributed by atoms with E-state index < -0.39 is 5.91 Å². The first-order valence-electron chi connectivity index (χ1n) is 9.14. The number of aromatic nitrogens is 3. The number of nitrogens with two attached hydrogens (primary N) is 1. The van der Waals surface area contributed by atoms with E-state index >= 15 is 0 Å². The Labute approximate surface area is 172 Å². The number of hydrogen-bond donors (Lipinski definition) is 1. The summed E-state index contributed by atoms with van der Waals surface area (Å²) in [5.41, 5.74) is 8.05. The van der Waals surface area contributed by atoms with Gasteiger partial charge in [-0.05, 0) is 25.1 Å². The molecule has 2 aromatic carbocycles. The molecule has 2 N–H and O–H groups in total. The second kappa shape index (κ2) is 7.75. The predicted octanol–water partition coefficient (Wildman–Crippen LogP) is 3.64. The fraction of sp³-hybridized carbons (Fsp3) is 0.136. The molecule has 0 unspecified atom stereocenters. The lowest BCUT2D eigenvalue weighted by molar-refractivity contribution is 0.0997. The molecule has 0 spiro atoms. The Hall–Kier alpha value is -4.07. The number of carbonyl (C=O) groups excluding carboxylic acids is 1. The average molecular weight is 404 g/mol. The zero-order valence-electron chi connectivity index (χ0n) is 16.7.